The average molecular weight is 421 g/mol. The van der Waals surface area contributed by atoms with Gasteiger partial charge < -0.3 is 26.8 Å². The van der Waals surface area contributed by atoms with Gasteiger partial charge in [0.1, 0.15) is 17.2 Å². The van der Waals surface area contributed by atoms with Gasteiger partial charge in [-0.3, -0.25) is 0 Å². The van der Waals surface area contributed by atoms with Gasteiger partial charge in [-0.2, -0.15) is 0 Å². The molecule has 7 N–H and O–H groups in total. The lowest BCUT2D eigenvalue weighted by Gasteiger charge is -2.38. The lowest BCUT2D eigenvalue weighted by molar-refractivity contribution is 0.439. The summed E-state index contributed by atoms with van der Waals surface area (Å²) in [5, 5.41) is 29.7. The largest absolute Gasteiger partial charge is 0.508 e. The van der Waals surface area contributed by atoms with Crippen LogP contribution in [0.2, 0.25) is 0 Å². The van der Waals surface area contributed by atoms with Gasteiger partial charge >= 0.3 is 0 Å². The predicted octanol–water partition coefficient (Wildman–Crippen LogP) is 4.37. The van der Waals surface area contributed by atoms with Gasteiger partial charge in [-0.25, -0.2) is 0 Å². The topological polar surface area (TPSA) is 113 Å². The first-order chi connectivity index (χ1) is 15.0. The van der Waals surface area contributed by atoms with E-state index in [-0.39, 0.29) is 23.3 Å². The molecule has 0 saturated carbocycles. The molecular weight excluding hydrogens is 388 g/mol. The minimum atomic E-state index is -0.609. The quantitative estimate of drug-likeness (QED) is 0.247. The zero-order chi connectivity index (χ0) is 22.3. The monoisotopic (exact) mass is 420 g/mol. The van der Waals surface area contributed by atoms with Crippen molar-refractivity contribution >= 4 is 0 Å². The molecule has 0 aromatic heterocycles. The molecule has 3 rings (SSSR count). The van der Waals surface area contributed by atoms with Crippen LogP contribution in [-0.2, 0) is 5.41 Å². The molecule has 0 aliphatic heterocycles. The number of aromatic hydroxyl groups is 3. The molecule has 1 atom stereocenters. The number of unbranched alkanes of at least 4 members (excludes halogenated alkanes) is 2. The highest BCUT2D eigenvalue weighted by Gasteiger charge is 2.38. The fourth-order valence-corrected chi connectivity index (χ4v) is 4.31. The summed E-state index contributed by atoms with van der Waals surface area (Å²) in [6, 6.07) is 21.5. The molecule has 0 heterocycles. The molecule has 0 fully saturated rings. The maximum atomic E-state index is 9.88. The van der Waals surface area contributed by atoms with Gasteiger partial charge in [-0.05, 0) is 78.9 Å². The van der Waals surface area contributed by atoms with E-state index in [0.717, 1.165) is 42.4 Å². The molecule has 0 amide bonds. The van der Waals surface area contributed by atoms with Crippen LogP contribution in [0.3, 0.4) is 0 Å². The summed E-state index contributed by atoms with van der Waals surface area (Å²) in [4.78, 5) is 0. The molecule has 0 aliphatic rings. The van der Waals surface area contributed by atoms with E-state index in [1.54, 1.807) is 36.4 Å². The fraction of sp³-hybridized carbons (Fsp3) is 0.308. The van der Waals surface area contributed by atoms with E-state index in [1.807, 2.05) is 36.4 Å². The van der Waals surface area contributed by atoms with E-state index in [4.69, 9.17) is 11.5 Å². The molecule has 31 heavy (non-hydrogen) atoms. The Balaban J connectivity index is 2.11. The summed E-state index contributed by atoms with van der Waals surface area (Å²) in [6.45, 7) is 0.688. The van der Waals surface area contributed by atoms with Crippen LogP contribution in [0.4, 0.5) is 0 Å². The second kappa shape index (κ2) is 10.3. The van der Waals surface area contributed by atoms with Crippen molar-refractivity contribution < 1.29 is 15.3 Å². The molecule has 0 aliphatic carbocycles. The Morgan fingerprint density at radius 1 is 0.613 bits per heavy atom. The zero-order valence-electron chi connectivity index (χ0n) is 17.7. The van der Waals surface area contributed by atoms with Gasteiger partial charge in [0.05, 0.1) is 0 Å². The molecule has 0 saturated heterocycles. The number of benzene rings is 3. The Morgan fingerprint density at radius 3 is 1.35 bits per heavy atom. The molecule has 3 aromatic rings. The first kappa shape index (κ1) is 22.7. The van der Waals surface area contributed by atoms with Gasteiger partial charge in [-0.1, -0.05) is 49.2 Å². The lowest BCUT2D eigenvalue weighted by atomic mass is 9.65. The van der Waals surface area contributed by atoms with Crippen LogP contribution in [0.5, 0.6) is 17.2 Å². The standard InChI is InChI=1S/C26H32N2O3/c27-17-3-1-2-4-22(28)18-26(19-5-11-23(29)12-6-19,20-7-13-24(30)14-8-20)21-9-15-25(31)16-10-21/h5-16,22,29-31H,1-4,17-18,27-28H2. The van der Waals surface area contributed by atoms with Crippen molar-refractivity contribution in [2.75, 3.05) is 6.54 Å². The average Bonchev–Trinajstić information content (AvgIpc) is 2.77. The van der Waals surface area contributed by atoms with Crippen molar-refractivity contribution in [2.24, 2.45) is 11.5 Å². The van der Waals surface area contributed by atoms with Crippen molar-refractivity contribution in [3.8, 4) is 17.2 Å². The highest BCUT2D eigenvalue weighted by Crippen LogP contribution is 2.44. The number of nitrogens with two attached hydrogens (primary N) is 2. The Kier molecular flexibility index (Phi) is 7.55. The molecule has 0 bridgehead atoms. The predicted molar refractivity (Wildman–Crippen MR) is 124 cm³/mol. The van der Waals surface area contributed by atoms with Gasteiger partial charge in [0.2, 0.25) is 0 Å². The molecule has 5 heteroatoms. The molecule has 0 spiro atoms. The number of phenolic OH excluding ortho intramolecular Hbond substituents is 3. The highest BCUT2D eigenvalue weighted by atomic mass is 16.3. The van der Waals surface area contributed by atoms with Gasteiger partial charge in [0, 0.05) is 11.5 Å². The number of phenols is 3. The third-order valence-corrected chi connectivity index (χ3v) is 5.93. The van der Waals surface area contributed by atoms with E-state index in [2.05, 4.69) is 0 Å². The molecule has 5 nitrogen and oxygen atoms in total. The zero-order valence-corrected chi connectivity index (χ0v) is 17.7. The van der Waals surface area contributed by atoms with E-state index in [1.165, 1.54) is 0 Å². The maximum absolute atomic E-state index is 9.88. The lowest BCUT2D eigenvalue weighted by Crippen LogP contribution is -2.37. The fourth-order valence-electron chi connectivity index (χ4n) is 4.31. The Bertz CT molecular complexity index is 827. The highest BCUT2D eigenvalue weighted by molar-refractivity contribution is 5.53. The number of hydrogen-bond donors (Lipinski definition) is 5. The van der Waals surface area contributed by atoms with Crippen molar-refractivity contribution in [1.82, 2.24) is 0 Å². The first-order valence-corrected chi connectivity index (χ1v) is 10.8. The van der Waals surface area contributed by atoms with Gasteiger partial charge in [-0.15, -0.1) is 0 Å². The molecule has 0 radical (unpaired) electrons. The first-order valence-electron chi connectivity index (χ1n) is 10.8. The van der Waals surface area contributed by atoms with Gasteiger partial charge in [0.25, 0.3) is 0 Å². The third-order valence-electron chi connectivity index (χ3n) is 5.93. The smallest absolute Gasteiger partial charge is 0.115 e. The van der Waals surface area contributed by atoms with Crippen molar-refractivity contribution in [3.05, 3.63) is 89.5 Å². The molecule has 3 aromatic carbocycles. The summed E-state index contributed by atoms with van der Waals surface area (Å²) in [6.07, 6.45) is 4.56. The van der Waals surface area contributed by atoms with Crippen molar-refractivity contribution in [2.45, 2.75) is 43.6 Å². The van der Waals surface area contributed by atoms with Crippen LogP contribution in [0.25, 0.3) is 0 Å². The SMILES string of the molecule is NCCCCCC(N)CC(c1ccc(O)cc1)(c1ccc(O)cc1)c1ccc(O)cc1. The number of rotatable bonds is 10. The minimum absolute atomic E-state index is 0.0748. The normalized spacial score (nSPS) is 12.6. The summed E-state index contributed by atoms with van der Waals surface area (Å²) in [7, 11) is 0. The molecule has 164 valence electrons. The Hall–Kier alpha value is -3.02. The van der Waals surface area contributed by atoms with E-state index in [9.17, 15) is 15.3 Å². The van der Waals surface area contributed by atoms with E-state index < -0.39 is 5.41 Å². The summed E-state index contributed by atoms with van der Waals surface area (Å²) in [5.74, 6) is 0.584. The van der Waals surface area contributed by atoms with E-state index >= 15 is 0 Å². The number of hydrogen-bond acceptors (Lipinski definition) is 5. The second-order valence-electron chi connectivity index (χ2n) is 8.15. The van der Waals surface area contributed by atoms with Gasteiger partial charge in [0.15, 0.2) is 0 Å². The Morgan fingerprint density at radius 2 is 1.00 bits per heavy atom. The maximum Gasteiger partial charge on any atom is 0.115 e. The van der Waals surface area contributed by atoms with Crippen LogP contribution in [0, 0.1) is 0 Å². The minimum Gasteiger partial charge on any atom is -0.508 e. The van der Waals surface area contributed by atoms with Crippen LogP contribution < -0.4 is 11.5 Å². The van der Waals surface area contributed by atoms with Crippen molar-refractivity contribution in [3.63, 3.8) is 0 Å². The Labute approximate surface area is 184 Å². The van der Waals surface area contributed by atoms with E-state index in [0.29, 0.717) is 13.0 Å². The third kappa shape index (κ3) is 5.37. The van der Waals surface area contributed by atoms with Crippen LogP contribution >= 0.6 is 0 Å². The van der Waals surface area contributed by atoms with Crippen LogP contribution in [0.15, 0.2) is 72.8 Å². The van der Waals surface area contributed by atoms with Crippen LogP contribution in [0.1, 0.15) is 48.8 Å². The summed E-state index contributed by atoms with van der Waals surface area (Å²) < 4.78 is 0. The molecular formula is C26H32N2O3. The van der Waals surface area contributed by atoms with Crippen LogP contribution in [-0.4, -0.2) is 27.9 Å². The molecule has 1 unspecified atom stereocenters. The summed E-state index contributed by atoms with van der Waals surface area (Å²) in [5.41, 5.74) is 14.6. The summed E-state index contributed by atoms with van der Waals surface area (Å²) >= 11 is 0. The van der Waals surface area contributed by atoms with Crippen molar-refractivity contribution in [1.29, 1.82) is 0 Å². The second-order valence-corrected chi connectivity index (χ2v) is 8.15.